The zero-order chi connectivity index (χ0) is 15.3. The van der Waals surface area contributed by atoms with Gasteiger partial charge in [0.15, 0.2) is 0 Å². The fourth-order valence-corrected chi connectivity index (χ4v) is 1.82. The van der Waals surface area contributed by atoms with Crippen LogP contribution in [-0.4, -0.2) is 40.6 Å². The molecule has 1 heterocycles. The Kier molecular flexibility index (Phi) is 5.85. The van der Waals surface area contributed by atoms with Gasteiger partial charge < -0.3 is 4.90 Å². The summed E-state index contributed by atoms with van der Waals surface area (Å²) in [5.41, 5.74) is -1.31. The van der Waals surface area contributed by atoms with Crippen molar-refractivity contribution in [2.24, 2.45) is 0 Å². The van der Waals surface area contributed by atoms with Crippen molar-refractivity contribution < 1.29 is 26.7 Å². The number of alkyl halides is 6. The van der Waals surface area contributed by atoms with Gasteiger partial charge in [-0.25, -0.2) is 8.78 Å². The van der Waals surface area contributed by atoms with Gasteiger partial charge in [-0.2, -0.15) is 13.2 Å². The molecule has 1 aromatic rings. The Labute approximate surface area is 119 Å². The van der Waals surface area contributed by atoms with E-state index in [1.54, 1.807) is 0 Å². The molecule has 1 rings (SSSR count). The summed E-state index contributed by atoms with van der Waals surface area (Å²) in [7, 11) is 0. The molecule has 0 bridgehead atoms. The van der Waals surface area contributed by atoms with Crippen LogP contribution in [0.2, 0.25) is 0 Å². The first-order chi connectivity index (χ1) is 9.25. The van der Waals surface area contributed by atoms with Crippen LogP contribution in [0, 0.1) is 0 Å². The van der Waals surface area contributed by atoms with E-state index in [4.69, 9.17) is 0 Å². The first kappa shape index (κ1) is 16.8. The maximum atomic E-state index is 12.3. The lowest BCUT2D eigenvalue weighted by molar-refractivity contribution is -0.137. The number of halogens is 6. The third kappa shape index (κ3) is 4.69. The molecule has 9 heteroatoms. The average Bonchev–Trinajstić information content (AvgIpc) is 2.36. The Morgan fingerprint density at radius 2 is 2.00 bits per heavy atom. The molecule has 0 saturated heterocycles. The SMILES string of the molecule is O=C(c1ccc(C(F)(F)F)cn1)N(CCBr)CC(F)F. The van der Waals surface area contributed by atoms with Gasteiger partial charge in [-0.1, -0.05) is 15.9 Å². The maximum absolute atomic E-state index is 12.3. The van der Waals surface area contributed by atoms with E-state index in [0.717, 1.165) is 11.0 Å². The summed E-state index contributed by atoms with van der Waals surface area (Å²) in [6, 6.07) is 1.56. The zero-order valence-corrected chi connectivity index (χ0v) is 11.6. The summed E-state index contributed by atoms with van der Waals surface area (Å²) in [4.78, 5) is 16.1. The van der Waals surface area contributed by atoms with E-state index >= 15 is 0 Å². The first-order valence-corrected chi connectivity index (χ1v) is 6.54. The van der Waals surface area contributed by atoms with Crippen LogP contribution in [0.15, 0.2) is 18.3 Å². The van der Waals surface area contributed by atoms with E-state index in [1.165, 1.54) is 0 Å². The van der Waals surface area contributed by atoms with Crippen LogP contribution >= 0.6 is 15.9 Å². The minimum absolute atomic E-state index is 0.00583. The Balaban J connectivity index is 2.89. The number of hydrogen-bond donors (Lipinski definition) is 0. The Morgan fingerprint density at radius 3 is 2.40 bits per heavy atom. The lowest BCUT2D eigenvalue weighted by Crippen LogP contribution is -2.37. The van der Waals surface area contributed by atoms with E-state index in [-0.39, 0.29) is 17.6 Å². The fourth-order valence-electron chi connectivity index (χ4n) is 1.39. The van der Waals surface area contributed by atoms with Gasteiger partial charge in [0.2, 0.25) is 0 Å². The van der Waals surface area contributed by atoms with Crippen molar-refractivity contribution in [2.75, 3.05) is 18.4 Å². The van der Waals surface area contributed by atoms with Gasteiger partial charge in [-0.3, -0.25) is 9.78 Å². The van der Waals surface area contributed by atoms with Crippen molar-refractivity contribution in [2.45, 2.75) is 12.6 Å². The largest absolute Gasteiger partial charge is 0.417 e. The third-order valence-electron chi connectivity index (χ3n) is 2.31. The Hall–Kier alpha value is -1.25. The lowest BCUT2D eigenvalue weighted by Gasteiger charge is -2.20. The van der Waals surface area contributed by atoms with E-state index in [2.05, 4.69) is 20.9 Å². The molecule has 0 aliphatic heterocycles. The zero-order valence-electron chi connectivity index (χ0n) is 10.0. The minimum Gasteiger partial charge on any atom is -0.331 e. The molecule has 20 heavy (non-hydrogen) atoms. The highest BCUT2D eigenvalue weighted by atomic mass is 79.9. The predicted molar refractivity (Wildman–Crippen MR) is 64.9 cm³/mol. The predicted octanol–water partition coefficient (Wildman–Crippen LogP) is 3.20. The smallest absolute Gasteiger partial charge is 0.331 e. The van der Waals surface area contributed by atoms with Crippen LogP contribution in [0.4, 0.5) is 22.0 Å². The van der Waals surface area contributed by atoms with Crippen molar-refractivity contribution in [1.82, 2.24) is 9.88 Å². The van der Waals surface area contributed by atoms with Gasteiger partial charge in [0, 0.05) is 18.1 Å². The van der Waals surface area contributed by atoms with E-state index < -0.39 is 30.6 Å². The molecule has 1 aromatic heterocycles. The Bertz CT molecular complexity index is 449. The second kappa shape index (κ2) is 6.96. The standard InChI is InChI=1S/C11H10BrF5N2O/c12-3-4-19(6-9(13)14)10(20)8-2-1-7(5-18-8)11(15,16)17/h1-2,5,9H,3-4,6H2. The van der Waals surface area contributed by atoms with Crippen molar-refractivity contribution in [1.29, 1.82) is 0 Å². The normalized spacial score (nSPS) is 11.8. The average molecular weight is 361 g/mol. The summed E-state index contributed by atoms with van der Waals surface area (Å²) in [6.45, 7) is -0.793. The molecule has 0 aliphatic carbocycles. The number of rotatable bonds is 5. The van der Waals surface area contributed by atoms with Crippen molar-refractivity contribution in [3.05, 3.63) is 29.6 Å². The molecule has 0 spiro atoms. The summed E-state index contributed by atoms with van der Waals surface area (Å²) in [5, 5.41) is 0.270. The van der Waals surface area contributed by atoms with E-state index in [9.17, 15) is 26.7 Å². The van der Waals surface area contributed by atoms with Gasteiger partial charge in [-0.15, -0.1) is 0 Å². The van der Waals surface area contributed by atoms with Gasteiger partial charge in [-0.05, 0) is 12.1 Å². The number of aromatic nitrogens is 1. The van der Waals surface area contributed by atoms with Gasteiger partial charge in [0.25, 0.3) is 12.3 Å². The fraction of sp³-hybridized carbons (Fsp3) is 0.455. The number of hydrogen-bond acceptors (Lipinski definition) is 2. The molecule has 112 valence electrons. The molecule has 1 amide bonds. The minimum atomic E-state index is -4.56. The molecule has 3 nitrogen and oxygen atoms in total. The van der Waals surface area contributed by atoms with E-state index in [1.807, 2.05) is 0 Å². The summed E-state index contributed by atoms with van der Waals surface area (Å²) >= 11 is 3.01. The quantitative estimate of drug-likeness (QED) is 0.596. The third-order valence-corrected chi connectivity index (χ3v) is 2.66. The Morgan fingerprint density at radius 1 is 1.35 bits per heavy atom. The molecule has 0 atom stereocenters. The van der Waals surface area contributed by atoms with Crippen LogP contribution < -0.4 is 0 Å². The van der Waals surface area contributed by atoms with Crippen LogP contribution in [-0.2, 0) is 6.18 Å². The van der Waals surface area contributed by atoms with E-state index in [0.29, 0.717) is 12.3 Å². The van der Waals surface area contributed by atoms with Gasteiger partial charge in [0.05, 0.1) is 12.1 Å². The van der Waals surface area contributed by atoms with Crippen molar-refractivity contribution in [3.8, 4) is 0 Å². The molecule has 0 saturated carbocycles. The second-order valence-corrected chi connectivity index (χ2v) is 4.55. The van der Waals surface area contributed by atoms with Crippen molar-refractivity contribution >= 4 is 21.8 Å². The van der Waals surface area contributed by atoms with Crippen molar-refractivity contribution in [3.63, 3.8) is 0 Å². The summed E-state index contributed by atoms with van der Waals surface area (Å²) < 4.78 is 61.6. The molecular formula is C11H10BrF5N2O. The molecule has 0 unspecified atom stereocenters. The van der Waals surface area contributed by atoms with Crippen LogP contribution in [0.5, 0.6) is 0 Å². The molecule has 0 fully saturated rings. The highest BCUT2D eigenvalue weighted by molar-refractivity contribution is 9.09. The highest BCUT2D eigenvalue weighted by Crippen LogP contribution is 2.28. The molecule has 0 aliphatic rings. The first-order valence-electron chi connectivity index (χ1n) is 5.42. The summed E-state index contributed by atoms with van der Waals surface area (Å²) in [6.07, 6.45) is -6.79. The number of pyridine rings is 1. The topological polar surface area (TPSA) is 33.2 Å². The molecule has 0 aromatic carbocycles. The summed E-state index contributed by atoms with van der Waals surface area (Å²) in [5.74, 6) is -0.835. The number of amides is 1. The lowest BCUT2D eigenvalue weighted by atomic mass is 10.2. The second-order valence-electron chi connectivity index (χ2n) is 3.76. The maximum Gasteiger partial charge on any atom is 0.417 e. The highest BCUT2D eigenvalue weighted by Gasteiger charge is 2.31. The number of carbonyl (C=O) groups excluding carboxylic acids is 1. The van der Waals surface area contributed by atoms with Crippen LogP contribution in [0.25, 0.3) is 0 Å². The monoisotopic (exact) mass is 360 g/mol. The van der Waals surface area contributed by atoms with Crippen LogP contribution in [0.1, 0.15) is 16.1 Å². The number of nitrogens with zero attached hydrogens (tertiary/aromatic N) is 2. The van der Waals surface area contributed by atoms with Gasteiger partial charge in [0.1, 0.15) is 5.69 Å². The van der Waals surface area contributed by atoms with Gasteiger partial charge >= 0.3 is 6.18 Å². The molecule has 0 N–H and O–H groups in total. The number of carbonyl (C=O) groups is 1. The molecular weight excluding hydrogens is 351 g/mol. The molecule has 0 radical (unpaired) electrons. The van der Waals surface area contributed by atoms with Crippen LogP contribution in [0.3, 0.4) is 0 Å².